The van der Waals surface area contributed by atoms with Crippen molar-refractivity contribution in [1.29, 1.82) is 0 Å². The van der Waals surface area contributed by atoms with E-state index in [1.54, 1.807) is 12.1 Å². The van der Waals surface area contributed by atoms with Crippen LogP contribution >= 0.6 is 0 Å². The van der Waals surface area contributed by atoms with E-state index < -0.39 is 26.4 Å². The van der Waals surface area contributed by atoms with Gasteiger partial charge in [0.05, 0.1) is 11.3 Å². The summed E-state index contributed by atoms with van der Waals surface area (Å²) in [6.07, 6.45) is 3.21. The fourth-order valence-corrected chi connectivity index (χ4v) is 5.51. The molecule has 1 aromatic carbocycles. The quantitative estimate of drug-likeness (QED) is 0.535. The van der Waals surface area contributed by atoms with Crippen LogP contribution < -0.4 is 15.2 Å². The Kier molecular flexibility index (Phi) is 6.80. The molecule has 0 bridgehead atoms. The maximum absolute atomic E-state index is 13.2. The van der Waals surface area contributed by atoms with Crippen molar-refractivity contribution in [2.24, 2.45) is 0 Å². The van der Waals surface area contributed by atoms with Crippen LogP contribution in [0.2, 0.25) is 0 Å². The Morgan fingerprint density at radius 1 is 1.06 bits per heavy atom. The van der Waals surface area contributed by atoms with Gasteiger partial charge in [-0.25, -0.2) is 18.1 Å². The Balaban J connectivity index is 1.75. The van der Waals surface area contributed by atoms with E-state index in [2.05, 4.69) is 49.7 Å². The van der Waals surface area contributed by atoms with Crippen LogP contribution in [0.15, 0.2) is 64.4 Å². The smallest absolute Gasteiger partial charge is 0.269 e. The molecule has 1 fully saturated rings. The Labute approximate surface area is 205 Å². The van der Waals surface area contributed by atoms with Gasteiger partial charge in [-0.1, -0.05) is 38.1 Å². The third-order valence-corrected chi connectivity index (χ3v) is 7.84. The van der Waals surface area contributed by atoms with Gasteiger partial charge in [-0.15, -0.1) is 0 Å². The normalized spacial score (nSPS) is 18.1. The number of nitrogens with zero attached hydrogens (tertiary/aromatic N) is 2. The molecule has 3 aromatic rings. The number of H-pyrrole nitrogens is 1. The van der Waals surface area contributed by atoms with E-state index in [9.17, 15) is 18.0 Å². The lowest BCUT2D eigenvalue weighted by atomic mass is 10.0. The zero-order chi connectivity index (χ0) is 25.3. The number of aromatic nitrogens is 2. The lowest BCUT2D eigenvalue weighted by Crippen LogP contribution is -2.38. The fraction of sp³-hybridized carbons (Fsp3) is 0.346. The minimum atomic E-state index is -4.37. The van der Waals surface area contributed by atoms with Gasteiger partial charge in [-0.2, -0.15) is 0 Å². The number of anilines is 1. The summed E-state index contributed by atoms with van der Waals surface area (Å²) in [5.41, 5.74) is 2.16. The average Bonchev–Trinajstić information content (AvgIpc) is 3.16. The molecule has 0 spiro atoms. The standard InChI is InChI=1S/C26H30N4O4S/c1-16(2)19-9-11-20(12-10-19)22-14-13-21(24(28-22)30-17(3)7-8-18(30)4)25(31)29-35(33,34)23-6-5-15-27-26(23)32/h5-6,9-18H,7-8H2,1-4H3,(H,27,32)(H,29,31)/t17-,18+. The second-order valence-electron chi connectivity index (χ2n) is 9.33. The molecule has 1 amide bonds. The number of carbonyl (C=O) groups excluding carboxylic acids is 1. The number of hydrogen-bond donors (Lipinski definition) is 2. The van der Waals surface area contributed by atoms with Crippen LogP contribution in [0.4, 0.5) is 5.82 Å². The van der Waals surface area contributed by atoms with Crippen LogP contribution in [0.25, 0.3) is 11.3 Å². The molecule has 0 saturated carbocycles. The van der Waals surface area contributed by atoms with Crippen LogP contribution in [0, 0.1) is 0 Å². The van der Waals surface area contributed by atoms with Gasteiger partial charge in [0, 0.05) is 23.8 Å². The molecule has 2 aromatic heterocycles. The van der Waals surface area contributed by atoms with Gasteiger partial charge in [0.15, 0.2) is 4.90 Å². The van der Waals surface area contributed by atoms with Gasteiger partial charge < -0.3 is 9.88 Å². The molecule has 2 N–H and O–H groups in total. The minimum Gasteiger partial charge on any atom is -0.351 e. The maximum atomic E-state index is 13.2. The number of nitrogens with one attached hydrogen (secondary N) is 2. The van der Waals surface area contributed by atoms with Gasteiger partial charge in [0.25, 0.3) is 21.5 Å². The summed E-state index contributed by atoms with van der Waals surface area (Å²) in [6.45, 7) is 8.40. The molecule has 1 saturated heterocycles. The summed E-state index contributed by atoms with van der Waals surface area (Å²) in [6, 6.07) is 14.3. The molecule has 8 nitrogen and oxygen atoms in total. The first-order chi connectivity index (χ1) is 16.6. The molecule has 3 heterocycles. The zero-order valence-electron chi connectivity index (χ0n) is 20.3. The van der Waals surface area contributed by atoms with Crippen LogP contribution in [0.5, 0.6) is 0 Å². The van der Waals surface area contributed by atoms with Crippen LogP contribution in [0.3, 0.4) is 0 Å². The molecule has 35 heavy (non-hydrogen) atoms. The van der Waals surface area contributed by atoms with E-state index in [-0.39, 0.29) is 17.6 Å². The van der Waals surface area contributed by atoms with E-state index in [0.29, 0.717) is 17.4 Å². The average molecular weight is 495 g/mol. The van der Waals surface area contributed by atoms with Crippen molar-refractivity contribution in [2.45, 2.75) is 63.4 Å². The molecule has 184 valence electrons. The van der Waals surface area contributed by atoms with Gasteiger partial charge >= 0.3 is 0 Å². The highest BCUT2D eigenvalue weighted by Gasteiger charge is 2.33. The molecule has 4 rings (SSSR count). The van der Waals surface area contributed by atoms with Crippen molar-refractivity contribution in [3.63, 3.8) is 0 Å². The highest BCUT2D eigenvalue weighted by atomic mass is 32.2. The Morgan fingerprint density at radius 3 is 2.31 bits per heavy atom. The molecule has 0 aliphatic carbocycles. The van der Waals surface area contributed by atoms with Crippen molar-refractivity contribution in [3.05, 3.63) is 76.2 Å². The minimum absolute atomic E-state index is 0.135. The van der Waals surface area contributed by atoms with Crippen molar-refractivity contribution in [2.75, 3.05) is 4.90 Å². The fourth-order valence-electron chi connectivity index (χ4n) is 4.48. The van der Waals surface area contributed by atoms with E-state index in [1.165, 1.54) is 17.8 Å². The molecular formula is C26H30N4O4S. The Bertz CT molecular complexity index is 1390. The molecule has 1 aliphatic rings. The SMILES string of the molecule is CC(C)c1ccc(-c2ccc(C(=O)NS(=O)(=O)c3ccc[nH]c3=O)c(N3[C@H](C)CC[C@@H]3C)n2)cc1. The lowest BCUT2D eigenvalue weighted by Gasteiger charge is -2.29. The lowest BCUT2D eigenvalue weighted by molar-refractivity contribution is 0.0981. The third kappa shape index (κ3) is 5.00. The summed E-state index contributed by atoms with van der Waals surface area (Å²) < 4.78 is 27.6. The number of aromatic amines is 1. The summed E-state index contributed by atoms with van der Waals surface area (Å²) in [5, 5.41) is 0. The van der Waals surface area contributed by atoms with E-state index in [0.717, 1.165) is 24.5 Å². The van der Waals surface area contributed by atoms with Crippen molar-refractivity contribution in [1.82, 2.24) is 14.7 Å². The summed E-state index contributed by atoms with van der Waals surface area (Å²) in [5.74, 6) is 0.00936. The largest absolute Gasteiger partial charge is 0.351 e. The molecule has 0 radical (unpaired) electrons. The monoisotopic (exact) mass is 494 g/mol. The second-order valence-corrected chi connectivity index (χ2v) is 11.0. The number of rotatable bonds is 6. The number of hydrogen-bond acceptors (Lipinski definition) is 6. The topological polar surface area (TPSA) is 112 Å². The first-order valence-electron chi connectivity index (χ1n) is 11.7. The van der Waals surface area contributed by atoms with Crippen molar-refractivity contribution >= 4 is 21.7 Å². The Hall–Kier alpha value is -3.46. The number of sulfonamides is 1. The third-order valence-electron chi connectivity index (χ3n) is 6.49. The van der Waals surface area contributed by atoms with Crippen molar-refractivity contribution in [3.8, 4) is 11.3 Å². The maximum Gasteiger partial charge on any atom is 0.269 e. The number of benzene rings is 1. The first kappa shape index (κ1) is 24.7. The summed E-state index contributed by atoms with van der Waals surface area (Å²) >= 11 is 0. The highest BCUT2D eigenvalue weighted by Crippen LogP contribution is 2.33. The van der Waals surface area contributed by atoms with Crippen LogP contribution in [0.1, 0.15) is 62.4 Å². The van der Waals surface area contributed by atoms with Crippen molar-refractivity contribution < 1.29 is 13.2 Å². The molecular weight excluding hydrogens is 464 g/mol. The van der Waals surface area contributed by atoms with Crippen LogP contribution in [-0.2, 0) is 10.0 Å². The van der Waals surface area contributed by atoms with E-state index in [4.69, 9.17) is 4.98 Å². The summed E-state index contributed by atoms with van der Waals surface area (Å²) in [4.78, 5) is 34.0. The predicted molar refractivity (Wildman–Crippen MR) is 136 cm³/mol. The molecule has 9 heteroatoms. The van der Waals surface area contributed by atoms with Gasteiger partial charge in [0.1, 0.15) is 5.82 Å². The van der Waals surface area contributed by atoms with Gasteiger partial charge in [-0.3, -0.25) is 9.59 Å². The van der Waals surface area contributed by atoms with Gasteiger partial charge in [0.2, 0.25) is 0 Å². The summed E-state index contributed by atoms with van der Waals surface area (Å²) in [7, 11) is -4.37. The van der Waals surface area contributed by atoms with E-state index >= 15 is 0 Å². The predicted octanol–water partition coefficient (Wildman–Crippen LogP) is 4.06. The Morgan fingerprint density at radius 2 is 1.71 bits per heavy atom. The van der Waals surface area contributed by atoms with E-state index in [1.807, 2.05) is 16.9 Å². The second kappa shape index (κ2) is 9.65. The number of amides is 1. The molecule has 2 atom stereocenters. The number of carbonyl (C=O) groups is 1. The highest BCUT2D eigenvalue weighted by molar-refractivity contribution is 7.90. The first-order valence-corrected chi connectivity index (χ1v) is 13.2. The van der Waals surface area contributed by atoms with Crippen LogP contribution in [-0.4, -0.2) is 36.4 Å². The van der Waals surface area contributed by atoms with Gasteiger partial charge in [-0.05, 0) is 62.4 Å². The number of pyridine rings is 2. The molecule has 1 aliphatic heterocycles. The zero-order valence-corrected chi connectivity index (χ0v) is 21.1. The molecule has 0 unspecified atom stereocenters.